The summed E-state index contributed by atoms with van der Waals surface area (Å²) in [5.41, 5.74) is 8.94. The number of carbonyl (C=O) groups excluding carboxylic acids is 1. The molecule has 2 amide bonds. The van der Waals surface area contributed by atoms with Crippen molar-refractivity contribution in [3.63, 3.8) is 0 Å². The van der Waals surface area contributed by atoms with Crippen LogP contribution in [0.5, 0.6) is 0 Å². The van der Waals surface area contributed by atoms with Crippen LogP contribution in [0.3, 0.4) is 0 Å². The highest BCUT2D eigenvalue weighted by molar-refractivity contribution is 5.70. The predicted molar refractivity (Wildman–Crippen MR) is 49.6 cm³/mol. The molecule has 0 unspecified atom stereocenters. The van der Waals surface area contributed by atoms with Crippen LogP contribution in [0.15, 0.2) is 0 Å². The largest absolute Gasteiger partial charge is 0.394 e. The van der Waals surface area contributed by atoms with Crippen LogP contribution in [0, 0.1) is 0 Å². The van der Waals surface area contributed by atoms with E-state index in [1.165, 1.54) is 0 Å². The van der Waals surface area contributed by atoms with Crippen LogP contribution in [0.4, 0.5) is 4.79 Å². The third-order valence-corrected chi connectivity index (χ3v) is 2.23. The van der Waals surface area contributed by atoms with E-state index in [4.69, 9.17) is 15.6 Å². The van der Waals surface area contributed by atoms with Crippen molar-refractivity contribution in [1.29, 1.82) is 0 Å². The van der Waals surface area contributed by atoms with E-state index in [1.54, 1.807) is 0 Å². The van der Waals surface area contributed by atoms with Crippen molar-refractivity contribution >= 4 is 6.03 Å². The second kappa shape index (κ2) is 5.39. The number of hydrogen-bond acceptors (Lipinski definition) is 7. The van der Waals surface area contributed by atoms with Crippen LogP contribution in [-0.4, -0.2) is 63.7 Å². The molecular formula is C7H15N3O6. The molecule has 1 heterocycles. The number of urea groups is 1. The summed E-state index contributed by atoms with van der Waals surface area (Å²) in [6.07, 6.45) is -6.62. The molecule has 0 spiro atoms. The Bertz CT molecular complexity index is 250. The summed E-state index contributed by atoms with van der Waals surface area (Å²) in [7, 11) is 0. The maximum atomic E-state index is 10.4. The summed E-state index contributed by atoms with van der Waals surface area (Å²) in [6.45, 7) is -0.542. The Balaban J connectivity index is 2.60. The maximum absolute atomic E-state index is 10.4. The number of ether oxygens (including phenoxy) is 1. The van der Waals surface area contributed by atoms with Gasteiger partial charge in [-0.3, -0.25) is 5.43 Å². The van der Waals surface area contributed by atoms with Gasteiger partial charge in [0.1, 0.15) is 24.4 Å². The molecule has 9 heteroatoms. The van der Waals surface area contributed by atoms with Gasteiger partial charge in [-0.2, -0.15) is 0 Å². The first-order valence-electron chi connectivity index (χ1n) is 4.59. The van der Waals surface area contributed by atoms with Crippen LogP contribution >= 0.6 is 0 Å². The Morgan fingerprint density at radius 2 is 1.88 bits per heavy atom. The Hall–Kier alpha value is -0.970. The fraction of sp³-hybridized carbons (Fsp3) is 0.857. The van der Waals surface area contributed by atoms with Gasteiger partial charge in [0.25, 0.3) is 0 Å². The molecule has 0 aromatic rings. The van der Waals surface area contributed by atoms with Crippen LogP contribution in [-0.2, 0) is 4.74 Å². The summed E-state index contributed by atoms with van der Waals surface area (Å²) in [6, 6.07) is -0.906. The highest BCUT2D eigenvalue weighted by Gasteiger charge is 2.43. The number of amides is 2. The number of aliphatic hydroxyl groups is 4. The van der Waals surface area contributed by atoms with E-state index in [2.05, 4.69) is 5.43 Å². The molecule has 0 saturated carbocycles. The quantitative estimate of drug-likeness (QED) is 0.246. The van der Waals surface area contributed by atoms with E-state index < -0.39 is 43.3 Å². The number of hydrogen-bond donors (Lipinski definition) is 7. The zero-order valence-electron chi connectivity index (χ0n) is 8.28. The normalized spacial score (nSPS) is 39.4. The van der Waals surface area contributed by atoms with Gasteiger partial charge in [-0.05, 0) is 0 Å². The van der Waals surface area contributed by atoms with Gasteiger partial charge in [0.05, 0.1) is 6.61 Å². The molecule has 1 saturated heterocycles. The van der Waals surface area contributed by atoms with Gasteiger partial charge >= 0.3 is 6.03 Å². The molecule has 1 fully saturated rings. The first-order chi connectivity index (χ1) is 7.47. The Morgan fingerprint density at radius 3 is 2.38 bits per heavy atom. The van der Waals surface area contributed by atoms with Gasteiger partial charge in [0.2, 0.25) is 0 Å². The van der Waals surface area contributed by atoms with Crippen LogP contribution < -0.4 is 16.6 Å². The Kier molecular flexibility index (Phi) is 4.41. The number of nitrogens with two attached hydrogens (primary N) is 1. The van der Waals surface area contributed by atoms with Crippen LogP contribution in [0.2, 0.25) is 0 Å². The highest BCUT2D eigenvalue weighted by atomic mass is 16.6. The lowest BCUT2D eigenvalue weighted by Crippen LogP contribution is -2.65. The Morgan fingerprint density at radius 1 is 1.25 bits per heavy atom. The lowest BCUT2D eigenvalue weighted by molar-refractivity contribution is -0.238. The SMILES string of the molecule is NC(=O)NN[C@@H]1O[C@H](CO)[C@@H](O)[C@H](O)[C@H]1O. The minimum atomic E-state index is -1.50. The molecule has 16 heavy (non-hydrogen) atoms. The van der Waals surface area contributed by atoms with Crippen molar-refractivity contribution in [3.05, 3.63) is 0 Å². The van der Waals surface area contributed by atoms with Gasteiger partial charge < -0.3 is 30.9 Å². The van der Waals surface area contributed by atoms with E-state index in [1.807, 2.05) is 5.43 Å². The second-order valence-corrected chi connectivity index (χ2v) is 3.38. The predicted octanol–water partition coefficient (Wildman–Crippen LogP) is -4.04. The standard InChI is InChI=1S/C7H15N3O6/c8-7(15)10-9-6-5(14)4(13)3(12)2(1-11)16-6/h2-6,9,11-14H,1H2,(H3,8,10,15)/t2-,3-,4+,5-,6-/m1/s1. The smallest absolute Gasteiger partial charge is 0.326 e. The lowest BCUT2D eigenvalue weighted by Gasteiger charge is -2.39. The summed E-state index contributed by atoms with van der Waals surface area (Å²) in [5.74, 6) is 0. The number of nitrogens with one attached hydrogen (secondary N) is 2. The zero-order valence-corrected chi connectivity index (χ0v) is 8.28. The minimum absolute atomic E-state index is 0.542. The molecule has 8 N–H and O–H groups in total. The highest BCUT2D eigenvalue weighted by Crippen LogP contribution is 2.19. The first-order valence-corrected chi connectivity index (χ1v) is 4.59. The number of carbonyl (C=O) groups is 1. The average Bonchev–Trinajstić information content (AvgIpc) is 2.25. The fourth-order valence-electron chi connectivity index (χ4n) is 1.36. The molecule has 5 atom stereocenters. The van der Waals surface area contributed by atoms with Gasteiger partial charge in [-0.25, -0.2) is 10.2 Å². The summed E-state index contributed by atoms with van der Waals surface area (Å²) < 4.78 is 4.99. The molecule has 1 aliphatic rings. The number of hydrazine groups is 1. The summed E-state index contributed by atoms with van der Waals surface area (Å²) in [4.78, 5) is 10.4. The average molecular weight is 237 g/mol. The molecule has 0 bridgehead atoms. The Labute approximate surface area is 90.8 Å². The van der Waals surface area contributed by atoms with E-state index in [9.17, 15) is 20.1 Å². The molecule has 0 radical (unpaired) electrons. The lowest BCUT2D eigenvalue weighted by atomic mass is 9.99. The third kappa shape index (κ3) is 2.78. The molecule has 1 rings (SSSR count). The molecule has 1 aliphatic heterocycles. The van der Waals surface area contributed by atoms with Crippen molar-refractivity contribution in [2.24, 2.45) is 5.73 Å². The van der Waals surface area contributed by atoms with Crippen molar-refractivity contribution < 1.29 is 30.0 Å². The molecule has 94 valence electrons. The second-order valence-electron chi connectivity index (χ2n) is 3.38. The van der Waals surface area contributed by atoms with E-state index >= 15 is 0 Å². The van der Waals surface area contributed by atoms with Crippen molar-refractivity contribution in [2.45, 2.75) is 30.6 Å². The summed E-state index contributed by atoms with van der Waals surface area (Å²) >= 11 is 0. The van der Waals surface area contributed by atoms with Crippen LogP contribution in [0.1, 0.15) is 0 Å². The number of aliphatic hydroxyl groups excluding tert-OH is 4. The van der Waals surface area contributed by atoms with Gasteiger partial charge in [-0.15, -0.1) is 0 Å². The molecule has 0 aromatic heterocycles. The maximum Gasteiger partial charge on any atom is 0.326 e. The third-order valence-electron chi connectivity index (χ3n) is 2.23. The fourth-order valence-corrected chi connectivity index (χ4v) is 1.36. The van der Waals surface area contributed by atoms with E-state index in [0.717, 1.165) is 0 Å². The molecular weight excluding hydrogens is 222 g/mol. The number of primary amides is 1. The zero-order chi connectivity index (χ0) is 12.3. The molecule has 0 aromatic carbocycles. The van der Waals surface area contributed by atoms with Crippen molar-refractivity contribution in [1.82, 2.24) is 10.9 Å². The van der Waals surface area contributed by atoms with Crippen LogP contribution in [0.25, 0.3) is 0 Å². The molecule has 0 aliphatic carbocycles. The van der Waals surface area contributed by atoms with Gasteiger partial charge in [-0.1, -0.05) is 0 Å². The van der Waals surface area contributed by atoms with Crippen molar-refractivity contribution in [3.8, 4) is 0 Å². The monoisotopic (exact) mass is 237 g/mol. The van der Waals surface area contributed by atoms with Gasteiger partial charge in [0.15, 0.2) is 6.23 Å². The van der Waals surface area contributed by atoms with Gasteiger partial charge in [0, 0.05) is 0 Å². The van der Waals surface area contributed by atoms with E-state index in [0.29, 0.717) is 0 Å². The van der Waals surface area contributed by atoms with Crippen molar-refractivity contribution in [2.75, 3.05) is 6.61 Å². The first kappa shape index (κ1) is 13.1. The minimum Gasteiger partial charge on any atom is -0.394 e. The molecule has 9 nitrogen and oxygen atoms in total. The topological polar surface area (TPSA) is 157 Å². The summed E-state index contributed by atoms with van der Waals surface area (Å²) in [5, 5.41) is 37.1. The number of rotatable bonds is 3. The van der Waals surface area contributed by atoms with E-state index in [-0.39, 0.29) is 0 Å².